The fourth-order valence-electron chi connectivity index (χ4n) is 1.69. The van der Waals surface area contributed by atoms with Crippen LogP contribution in [0.4, 0.5) is 0 Å². The van der Waals surface area contributed by atoms with Crippen LogP contribution >= 0.6 is 0 Å². The summed E-state index contributed by atoms with van der Waals surface area (Å²) >= 11 is 0. The molecule has 0 saturated heterocycles. The predicted molar refractivity (Wildman–Crippen MR) is 90.4 cm³/mol. The fraction of sp³-hybridized carbons (Fsp3) is 0.421. The second-order valence-corrected chi connectivity index (χ2v) is 6.53. The van der Waals surface area contributed by atoms with E-state index in [4.69, 9.17) is 4.99 Å². The van der Waals surface area contributed by atoms with Crippen molar-refractivity contribution in [2.75, 3.05) is 0 Å². The molecule has 1 nitrogen and oxygen atoms in total. The summed E-state index contributed by atoms with van der Waals surface area (Å²) in [5, 5.41) is 0. The Kier molecular flexibility index (Phi) is 5.50. The summed E-state index contributed by atoms with van der Waals surface area (Å²) in [5.41, 5.74) is 6.01. The Morgan fingerprint density at radius 2 is 1.55 bits per heavy atom. The van der Waals surface area contributed by atoms with Crippen LogP contribution in [0.1, 0.15) is 52.7 Å². The molecule has 0 fully saturated rings. The van der Waals surface area contributed by atoms with Crippen LogP contribution in [0.25, 0.3) is 0 Å². The van der Waals surface area contributed by atoms with E-state index in [0.29, 0.717) is 0 Å². The summed E-state index contributed by atoms with van der Waals surface area (Å²) in [7, 11) is 0. The monoisotopic (exact) mass is 269 g/mol. The molecule has 0 spiro atoms. The maximum atomic E-state index is 4.72. The molecular weight excluding hydrogens is 242 g/mol. The second kappa shape index (κ2) is 6.69. The van der Waals surface area contributed by atoms with Gasteiger partial charge in [0.05, 0.1) is 0 Å². The molecule has 0 aliphatic heterocycles. The summed E-state index contributed by atoms with van der Waals surface area (Å²) in [4.78, 5) is 4.72. The molecule has 1 aromatic carbocycles. The average molecular weight is 269 g/mol. The molecule has 0 radical (unpaired) electrons. The SMILES string of the molecule is CC(=N/C(C)=C(C)/C=C/C(C)(C)C)c1ccc(C)cc1. The van der Waals surface area contributed by atoms with Gasteiger partial charge in [-0.05, 0) is 44.2 Å². The van der Waals surface area contributed by atoms with Crippen LogP contribution in [-0.4, -0.2) is 5.71 Å². The number of aliphatic imine (C=N–C) groups is 1. The molecule has 20 heavy (non-hydrogen) atoms. The molecule has 0 bridgehead atoms. The molecule has 0 amide bonds. The van der Waals surface area contributed by atoms with Crippen molar-refractivity contribution in [3.8, 4) is 0 Å². The molecule has 108 valence electrons. The number of aryl methyl sites for hydroxylation is 1. The van der Waals surface area contributed by atoms with E-state index in [1.807, 2.05) is 0 Å². The third-order valence-corrected chi connectivity index (χ3v) is 3.21. The maximum absolute atomic E-state index is 4.72. The average Bonchev–Trinajstić information content (AvgIpc) is 2.35. The lowest BCUT2D eigenvalue weighted by Gasteiger charge is -2.11. The molecule has 0 aliphatic carbocycles. The summed E-state index contributed by atoms with van der Waals surface area (Å²) in [6.45, 7) is 15.0. The first-order valence-electron chi connectivity index (χ1n) is 7.18. The molecule has 1 heteroatoms. The van der Waals surface area contributed by atoms with Gasteiger partial charge in [0.25, 0.3) is 0 Å². The van der Waals surface area contributed by atoms with Crippen LogP contribution in [0, 0.1) is 12.3 Å². The van der Waals surface area contributed by atoms with E-state index in [2.05, 4.69) is 84.9 Å². The lowest BCUT2D eigenvalue weighted by molar-refractivity contribution is 0.544. The molecule has 1 aromatic rings. The molecule has 0 saturated carbocycles. The lowest BCUT2D eigenvalue weighted by atomic mass is 9.95. The zero-order valence-electron chi connectivity index (χ0n) is 13.9. The highest BCUT2D eigenvalue weighted by atomic mass is 14.7. The van der Waals surface area contributed by atoms with Crippen molar-refractivity contribution in [1.29, 1.82) is 0 Å². The predicted octanol–water partition coefficient (Wildman–Crippen LogP) is 5.70. The van der Waals surface area contributed by atoms with Crippen molar-refractivity contribution in [2.45, 2.75) is 48.5 Å². The summed E-state index contributed by atoms with van der Waals surface area (Å²) in [6.07, 6.45) is 4.39. The quantitative estimate of drug-likeness (QED) is 0.493. The van der Waals surface area contributed by atoms with Crippen LogP contribution in [-0.2, 0) is 0 Å². The Balaban J connectivity index is 2.96. The number of hydrogen-bond acceptors (Lipinski definition) is 1. The van der Waals surface area contributed by atoms with Gasteiger partial charge >= 0.3 is 0 Å². The van der Waals surface area contributed by atoms with Crippen molar-refractivity contribution < 1.29 is 0 Å². The molecule has 1 rings (SSSR count). The fourth-order valence-corrected chi connectivity index (χ4v) is 1.69. The van der Waals surface area contributed by atoms with Gasteiger partial charge in [-0.2, -0.15) is 0 Å². The van der Waals surface area contributed by atoms with Crippen molar-refractivity contribution in [3.05, 3.63) is 58.8 Å². The van der Waals surface area contributed by atoms with Gasteiger partial charge in [-0.3, -0.25) is 4.99 Å². The third-order valence-electron chi connectivity index (χ3n) is 3.21. The number of allylic oxidation sites excluding steroid dienone is 4. The summed E-state index contributed by atoms with van der Waals surface area (Å²) < 4.78 is 0. The van der Waals surface area contributed by atoms with Gasteiger partial charge in [-0.15, -0.1) is 0 Å². The highest BCUT2D eigenvalue weighted by Gasteiger charge is 2.04. The minimum absolute atomic E-state index is 0.206. The molecule has 0 N–H and O–H groups in total. The normalized spacial score (nSPS) is 14.7. The van der Waals surface area contributed by atoms with Crippen molar-refractivity contribution in [2.24, 2.45) is 10.4 Å². The molecule has 0 atom stereocenters. The topological polar surface area (TPSA) is 12.4 Å². The molecular formula is C19H27N. The first-order valence-corrected chi connectivity index (χ1v) is 7.18. The Morgan fingerprint density at radius 1 is 1.00 bits per heavy atom. The van der Waals surface area contributed by atoms with Gasteiger partial charge in [0.1, 0.15) is 0 Å². The molecule has 0 unspecified atom stereocenters. The maximum Gasteiger partial charge on any atom is 0.0448 e. The molecule has 0 aliphatic rings. The van der Waals surface area contributed by atoms with Gasteiger partial charge in [-0.1, -0.05) is 62.8 Å². The van der Waals surface area contributed by atoms with E-state index < -0.39 is 0 Å². The van der Waals surface area contributed by atoms with Crippen LogP contribution < -0.4 is 0 Å². The number of hydrogen-bond donors (Lipinski definition) is 0. The van der Waals surface area contributed by atoms with Crippen LogP contribution in [0.2, 0.25) is 0 Å². The van der Waals surface area contributed by atoms with E-state index in [0.717, 1.165) is 11.4 Å². The lowest BCUT2D eigenvalue weighted by Crippen LogP contribution is -1.99. The smallest absolute Gasteiger partial charge is 0.0448 e. The van der Waals surface area contributed by atoms with Crippen molar-refractivity contribution in [3.63, 3.8) is 0 Å². The number of nitrogens with zero attached hydrogens (tertiary/aromatic N) is 1. The molecule has 0 heterocycles. The summed E-state index contributed by atoms with van der Waals surface area (Å²) in [5.74, 6) is 0. The highest BCUT2D eigenvalue weighted by molar-refractivity contribution is 5.99. The Hall–Kier alpha value is -1.63. The molecule has 0 aromatic heterocycles. The minimum atomic E-state index is 0.206. The van der Waals surface area contributed by atoms with E-state index >= 15 is 0 Å². The van der Waals surface area contributed by atoms with Crippen LogP contribution in [0.5, 0.6) is 0 Å². The van der Waals surface area contributed by atoms with E-state index in [1.165, 1.54) is 16.7 Å². The first kappa shape index (κ1) is 16.4. The standard InChI is InChI=1S/C19H27N/c1-14-8-10-18(11-9-14)17(4)20-16(3)15(2)12-13-19(5,6)7/h8-13H,1-7H3/b13-12+,16-15+,20-17?. The van der Waals surface area contributed by atoms with Gasteiger partial charge in [0, 0.05) is 11.4 Å². The van der Waals surface area contributed by atoms with Gasteiger partial charge in [-0.25, -0.2) is 0 Å². The highest BCUT2D eigenvalue weighted by Crippen LogP contribution is 2.17. The van der Waals surface area contributed by atoms with Crippen LogP contribution in [0.3, 0.4) is 0 Å². The van der Waals surface area contributed by atoms with Gasteiger partial charge in [0.15, 0.2) is 0 Å². The van der Waals surface area contributed by atoms with Crippen molar-refractivity contribution >= 4 is 5.71 Å². The Bertz CT molecular complexity index is 534. The summed E-state index contributed by atoms with van der Waals surface area (Å²) in [6, 6.07) is 8.50. The zero-order chi connectivity index (χ0) is 15.3. The van der Waals surface area contributed by atoms with Gasteiger partial charge < -0.3 is 0 Å². The van der Waals surface area contributed by atoms with E-state index in [-0.39, 0.29) is 5.41 Å². The van der Waals surface area contributed by atoms with Crippen LogP contribution in [0.15, 0.2) is 52.7 Å². The van der Waals surface area contributed by atoms with E-state index in [9.17, 15) is 0 Å². The second-order valence-electron chi connectivity index (χ2n) is 6.53. The third kappa shape index (κ3) is 5.56. The van der Waals surface area contributed by atoms with Gasteiger partial charge in [0.2, 0.25) is 0 Å². The largest absolute Gasteiger partial charge is 0.258 e. The minimum Gasteiger partial charge on any atom is -0.258 e. The number of rotatable bonds is 3. The first-order chi connectivity index (χ1) is 9.19. The Morgan fingerprint density at radius 3 is 2.05 bits per heavy atom. The Labute approximate surface area is 124 Å². The van der Waals surface area contributed by atoms with Crippen molar-refractivity contribution in [1.82, 2.24) is 0 Å². The zero-order valence-corrected chi connectivity index (χ0v) is 13.9. The van der Waals surface area contributed by atoms with E-state index in [1.54, 1.807) is 0 Å². The number of benzene rings is 1.